The largest absolute Gasteiger partial charge is 0.315 e. The van der Waals surface area contributed by atoms with E-state index < -0.39 is 10.0 Å². The Hall–Kier alpha value is -0.130. The zero-order chi connectivity index (χ0) is 9.03. The smallest absolute Gasteiger partial charge is 0.211 e. The first kappa shape index (κ1) is 9.95. The summed E-state index contributed by atoms with van der Waals surface area (Å²) >= 11 is 0. The minimum Gasteiger partial charge on any atom is -0.315 e. The maximum absolute atomic E-state index is 11.2. The molecular formula is C7H16N2O2S. The van der Waals surface area contributed by atoms with E-state index in [2.05, 4.69) is 10.0 Å². The molecule has 1 unspecified atom stereocenters. The van der Waals surface area contributed by atoms with Crippen molar-refractivity contribution in [3.63, 3.8) is 0 Å². The van der Waals surface area contributed by atoms with Crippen molar-refractivity contribution >= 4 is 10.0 Å². The minimum atomic E-state index is -3.01. The Kier molecular flexibility index (Phi) is 3.49. The van der Waals surface area contributed by atoms with Gasteiger partial charge in [-0.2, -0.15) is 0 Å². The first-order valence-electron chi connectivity index (χ1n) is 4.35. The Morgan fingerprint density at radius 2 is 2.33 bits per heavy atom. The van der Waals surface area contributed by atoms with Crippen LogP contribution in [0.4, 0.5) is 0 Å². The fourth-order valence-electron chi connectivity index (χ4n) is 1.34. The fourth-order valence-corrected chi connectivity index (χ4v) is 2.70. The van der Waals surface area contributed by atoms with Crippen LogP contribution in [0.5, 0.6) is 0 Å². The molecular weight excluding hydrogens is 176 g/mol. The summed E-state index contributed by atoms with van der Waals surface area (Å²) in [5.74, 6) is 0.240. The Morgan fingerprint density at radius 3 is 2.83 bits per heavy atom. The predicted octanol–water partition coefficient (Wildman–Crippen LogP) is -0.322. The number of hydrogen-bond donors (Lipinski definition) is 2. The SMILES string of the molecule is CCCS(=O)(=O)NC1CCNC1. The van der Waals surface area contributed by atoms with Crippen molar-refractivity contribution in [3.8, 4) is 0 Å². The molecule has 12 heavy (non-hydrogen) atoms. The number of rotatable bonds is 4. The second kappa shape index (κ2) is 4.20. The summed E-state index contributed by atoms with van der Waals surface area (Å²) in [4.78, 5) is 0. The van der Waals surface area contributed by atoms with Gasteiger partial charge in [-0.15, -0.1) is 0 Å². The lowest BCUT2D eigenvalue weighted by Gasteiger charge is -2.10. The molecule has 0 amide bonds. The van der Waals surface area contributed by atoms with Gasteiger partial charge in [0, 0.05) is 12.6 Å². The van der Waals surface area contributed by atoms with E-state index >= 15 is 0 Å². The third-order valence-corrected chi connectivity index (χ3v) is 3.52. The molecule has 0 bridgehead atoms. The van der Waals surface area contributed by atoms with E-state index in [0.717, 1.165) is 19.5 Å². The quantitative estimate of drug-likeness (QED) is 0.641. The van der Waals surface area contributed by atoms with Crippen LogP contribution >= 0.6 is 0 Å². The van der Waals surface area contributed by atoms with E-state index in [9.17, 15) is 8.42 Å². The van der Waals surface area contributed by atoms with Gasteiger partial charge < -0.3 is 5.32 Å². The van der Waals surface area contributed by atoms with Crippen LogP contribution in [-0.2, 0) is 10.0 Å². The molecule has 5 heteroatoms. The Balaban J connectivity index is 2.38. The van der Waals surface area contributed by atoms with Crippen LogP contribution in [0.25, 0.3) is 0 Å². The molecule has 0 radical (unpaired) electrons. The van der Waals surface area contributed by atoms with E-state index in [0.29, 0.717) is 6.42 Å². The molecule has 1 atom stereocenters. The van der Waals surface area contributed by atoms with Crippen molar-refractivity contribution < 1.29 is 8.42 Å². The highest BCUT2D eigenvalue weighted by Crippen LogP contribution is 2.00. The molecule has 0 saturated carbocycles. The third kappa shape index (κ3) is 3.08. The molecule has 1 rings (SSSR count). The van der Waals surface area contributed by atoms with Crippen molar-refractivity contribution in [2.75, 3.05) is 18.8 Å². The van der Waals surface area contributed by atoms with Crippen molar-refractivity contribution in [1.82, 2.24) is 10.0 Å². The van der Waals surface area contributed by atoms with Crippen LogP contribution in [0.2, 0.25) is 0 Å². The summed E-state index contributed by atoms with van der Waals surface area (Å²) in [6.45, 7) is 3.55. The van der Waals surface area contributed by atoms with Crippen LogP contribution in [-0.4, -0.2) is 33.3 Å². The van der Waals surface area contributed by atoms with Crippen molar-refractivity contribution in [3.05, 3.63) is 0 Å². The van der Waals surface area contributed by atoms with Gasteiger partial charge in [0.2, 0.25) is 10.0 Å². The summed E-state index contributed by atoms with van der Waals surface area (Å²) in [6, 6.07) is 0.113. The highest BCUT2D eigenvalue weighted by Gasteiger charge is 2.19. The molecule has 2 N–H and O–H groups in total. The molecule has 1 aliphatic rings. The summed E-state index contributed by atoms with van der Waals surface area (Å²) < 4.78 is 25.2. The van der Waals surface area contributed by atoms with Gasteiger partial charge in [-0.3, -0.25) is 0 Å². The Bertz CT molecular complexity index is 220. The molecule has 4 nitrogen and oxygen atoms in total. The molecule has 0 aliphatic carbocycles. The third-order valence-electron chi connectivity index (χ3n) is 1.88. The lowest BCUT2D eigenvalue weighted by Crippen LogP contribution is -2.37. The number of hydrogen-bond acceptors (Lipinski definition) is 3. The summed E-state index contributed by atoms with van der Waals surface area (Å²) in [5.41, 5.74) is 0. The maximum atomic E-state index is 11.2. The molecule has 1 fully saturated rings. The zero-order valence-electron chi connectivity index (χ0n) is 7.34. The van der Waals surface area contributed by atoms with E-state index in [-0.39, 0.29) is 11.8 Å². The second-order valence-corrected chi connectivity index (χ2v) is 5.00. The van der Waals surface area contributed by atoms with Crippen LogP contribution in [0.15, 0.2) is 0 Å². The second-order valence-electron chi connectivity index (χ2n) is 3.13. The first-order valence-corrected chi connectivity index (χ1v) is 6.00. The molecule has 0 aromatic rings. The molecule has 1 aliphatic heterocycles. The van der Waals surface area contributed by atoms with Crippen molar-refractivity contribution in [2.24, 2.45) is 0 Å². The van der Waals surface area contributed by atoms with Crippen LogP contribution in [0.1, 0.15) is 19.8 Å². The summed E-state index contributed by atoms with van der Waals surface area (Å²) in [5, 5.41) is 3.11. The molecule has 0 aromatic heterocycles. The molecule has 1 heterocycles. The monoisotopic (exact) mass is 192 g/mol. The van der Waals surface area contributed by atoms with E-state index in [1.807, 2.05) is 6.92 Å². The zero-order valence-corrected chi connectivity index (χ0v) is 8.15. The van der Waals surface area contributed by atoms with Crippen LogP contribution in [0.3, 0.4) is 0 Å². The van der Waals surface area contributed by atoms with Gasteiger partial charge >= 0.3 is 0 Å². The highest BCUT2D eigenvalue weighted by molar-refractivity contribution is 7.89. The van der Waals surface area contributed by atoms with Crippen molar-refractivity contribution in [1.29, 1.82) is 0 Å². The Morgan fingerprint density at radius 1 is 1.58 bits per heavy atom. The van der Waals surface area contributed by atoms with E-state index in [1.54, 1.807) is 0 Å². The standard InChI is InChI=1S/C7H16N2O2S/c1-2-5-12(10,11)9-7-3-4-8-6-7/h7-9H,2-6H2,1H3. The molecule has 1 saturated heterocycles. The van der Waals surface area contributed by atoms with Gasteiger partial charge in [-0.05, 0) is 19.4 Å². The maximum Gasteiger partial charge on any atom is 0.211 e. The number of sulfonamides is 1. The highest BCUT2D eigenvalue weighted by atomic mass is 32.2. The molecule has 72 valence electrons. The molecule has 0 spiro atoms. The lowest BCUT2D eigenvalue weighted by molar-refractivity contribution is 0.559. The average molecular weight is 192 g/mol. The van der Waals surface area contributed by atoms with Gasteiger partial charge in [0.05, 0.1) is 5.75 Å². The predicted molar refractivity (Wildman–Crippen MR) is 48.5 cm³/mol. The average Bonchev–Trinajstić information content (AvgIpc) is 2.38. The van der Waals surface area contributed by atoms with Gasteiger partial charge in [0.1, 0.15) is 0 Å². The van der Waals surface area contributed by atoms with Gasteiger partial charge in [-0.25, -0.2) is 13.1 Å². The van der Waals surface area contributed by atoms with Crippen molar-refractivity contribution in [2.45, 2.75) is 25.8 Å². The fraction of sp³-hybridized carbons (Fsp3) is 1.00. The molecule has 0 aromatic carbocycles. The normalized spacial score (nSPS) is 24.6. The minimum absolute atomic E-state index is 0.113. The Labute approximate surface area is 73.8 Å². The van der Waals surface area contributed by atoms with E-state index in [4.69, 9.17) is 0 Å². The van der Waals surface area contributed by atoms with Crippen LogP contribution in [0, 0.1) is 0 Å². The summed E-state index contributed by atoms with van der Waals surface area (Å²) in [7, 11) is -3.01. The van der Waals surface area contributed by atoms with E-state index in [1.165, 1.54) is 0 Å². The number of nitrogens with one attached hydrogen (secondary N) is 2. The lowest BCUT2D eigenvalue weighted by atomic mass is 10.3. The van der Waals surface area contributed by atoms with Gasteiger partial charge in [-0.1, -0.05) is 6.92 Å². The first-order chi connectivity index (χ1) is 5.64. The van der Waals surface area contributed by atoms with Crippen LogP contribution < -0.4 is 10.0 Å². The summed E-state index contributed by atoms with van der Waals surface area (Å²) in [6.07, 6.45) is 1.58. The topological polar surface area (TPSA) is 58.2 Å². The van der Waals surface area contributed by atoms with Gasteiger partial charge in [0.15, 0.2) is 0 Å². The van der Waals surface area contributed by atoms with Gasteiger partial charge in [0.25, 0.3) is 0 Å².